The van der Waals surface area contributed by atoms with Gasteiger partial charge in [-0.05, 0) is 29.8 Å². The molecular formula is C27H30N4O2. The van der Waals surface area contributed by atoms with E-state index >= 15 is 0 Å². The summed E-state index contributed by atoms with van der Waals surface area (Å²) in [5.74, 6) is 0.714. The standard InChI is InChI=1S/C27H30N4O2/c1-33-23-12-13-24-25(20-23)31(26(28-27(24)32)21-8-4-2-5-9-21)19-16-29-14-17-30(18-15-29)22-10-6-3-7-11-22/h2-13,20,26H,14-19H2,1H3,(H,28,32). The van der Waals surface area contributed by atoms with Gasteiger partial charge in [0, 0.05) is 51.0 Å². The Morgan fingerprint density at radius 1 is 0.879 bits per heavy atom. The Balaban J connectivity index is 1.33. The van der Waals surface area contributed by atoms with Gasteiger partial charge in [0.05, 0.1) is 18.4 Å². The van der Waals surface area contributed by atoms with E-state index < -0.39 is 0 Å². The van der Waals surface area contributed by atoms with Crippen LogP contribution in [0.15, 0.2) is 78.9 Å². The minimum Gasteiger partial charge on any atom is -0.497 e. The smallest absolute Gasteiger partial charge is 0.255 e. The molecule has 3 aromatic carbocycles. The zero-order chi connectivity index (χ0) is 22.6. The lowest BCUT2D eigenvalue weighted by Gasteiger charge is -2.42. The number of hydrogen-bond donors (Lipinski definition) is 1. The number of hydrogen-bond acceptors (Lipinski definition) is 5. The van der Waals surface area contributed by atoms with E-state index in [0.29, 0.717) is 5.56 Å². The van der Waals surface area contributed by atoms with Gasteiger partial charge in [-0.3, -0.25) is 9.69 Å². The van der Waals surface area contributed by atoms with Gasteiger partial charge in [0.25, 0.3) is 5.91 Å². The second-order valence-corrected chi connectivity index (χ2v) is 8.53. The van der Waals surface area contributed by atoms with Crippen molar-refractivity contribution in [1.29, 1.82) is 0 Å². The number of piperazine rings is 1. The third-order valence-electron chi connectivity index (χ3n) is 6.60. The highest BCUT2D eigenvalue weighted by atomic mass is 16.5. The molecule has 6 heteroatoms. The molecule has 0 aliphatic carbocycles. The first-order chi connectivity index (χ1) is 16.2. The van der Waals surface area contributed by atoms with Crippen molar-refractivity contribution in [1.82, 2.24) is 10.2 Å². The minimum atomic E-state index is -0.205. The molecular weight excluding hydrogens is 412 g/mol. The molecule has 170 valence electrons. The van der Waals surface area contributed by atoms with Gasteiger partial charge in [-0.1, -0.05) is 48.5 Å². The van der Waals surface area contributed by atoms with Crippen molar-refractivity contribution >= 4 is 17.3 Å². The molecule has 1 N–H and O–H groups in total. The van der Waals surface area contributed by atoms with Gasteiger partial charge < -0.3 is 19.9 Å². The number of ether oxygens (including phenoxy) is 1. The highest BCUT2D eigenvalue weighted by Crippen LogP contribution is 2.35. The molecule has 0 saturated carbocycles. The fraction of sp³-hybridized carbons (Fsp3) is 0.296. The molecule has 0 aromatic heterocycles. The van der Waals surface area contributed by atoms with Gasteiger partial charge in [-0.15, -0.1) is 0 Å². The second kappa shape index (κ2) is 9.55. The Morgan fingerprint density at radius 2 is 1.58 bits per heavy atom. The maximum atomic E-state index is 12.9. The third-order valence-corrected chi connectivity index (χ3v) is 6.60. The van der Waals surface area contributed by atoms with Gasteiger partial charge in [-0.2, -0.15) is 0 Å². The van der Waals surface area contributed by atoms with E-state index in [4.69, 9.17) is 4.74 Å². The molecule has 1 saturated heterocycles. The molecule has 1 fully saturated rings. The number of nitrogens with one attached hydrogen (secondary N) is 1. The number of para-hydroxylation sites is 1. The van der Waals surface area contributed by atoms with Gasteiger partial charge in [-0.25, -0.2) is 0 Å². The number of fused-ring (bicyclic) bond motifs is 1. The van der Waals surface area contributed by atoms with Crippen LogP contribution in [0.3, 0.4) is 0 Å². The monoisotopic (exact) mass is 442 g/mol. The summed E-state index contributed by atoms with van der Waals surface area (Å²) in [7, 11) is 1.66. The molecule has 2 aliphatic rings. The SMILES string of the molecule is COc1ccc2c(c1)N(CCN1CCN(c3ccccc3)CC1)C(c1ccccc1)NC2=O. The fourth-order valence-electron chi connectivity index (χ4n) is 4.75. The van der Waals surface area contributed by atoms with Crippen LogP contribution >= 0.6 is 0 Å². The molecule has 0 spiro atoms. The average Bonchev–Trinajstić information content (AvgIpc) is 2.89. The first-order valence-corrected chi connectivity index (χ1v) is 11.6. The number of nitrogens with zero attached hydrogens (tertiary/aromatic N) is 3. The Bertz CT molecular complexity index is 1080. The Labute approximate surface area is 195 Å². The predicted molar refractivity (Wildman–Crippen MR) is 132 cm³/mol. The van der Waals surface area contributed by atoms with Crippen molar-refractivity contribution in [2.75, 3.05) is 56.2 Å². The quantitative estimate of drug-likeness (QED) is 0.630. The van der Waals surface area contributed by atoms with Crippen LogP contribution in [0.2, 0.25) is 0 Å². The fourth-order valence-corrected chi connectivity index (χ4v) is 4.75. The molecule has 2 aliphatic heterocycles. The van der Waals surface area contributed by atoms with Crippen LogP contribution in [0.5, 0.6) is 5.75 Å². The molecule has 0 bridgehead atoms. The lowest BCUT2D eigenvalue weighted by Crippen LogP contribution is -2.52. The Hall–Kier alpha value is -3.51. The number of methoxy groups -OCH3 is 1. The van der Waals surface area contributed by atoms with Crippen LogP contribution in [0, 0.1) is 0 Å². The third kappa shape index (κ3) is 4.52. The first kappa shape index (κ1) is 21.3. The zero-order valence-electron chi connectivity index (χ0n) is 19.0. The van der Waals surface area contributed by atoms with Crippen molar-refractivity contribution in [3.8, 4) is 5.75 Å². The molecule has 5 rings (SSSR count). The molecule has 33 heavy (non-hydrogen) atoms. The summed E-state index contributed by atoms with van der Waals surface area (Å²) in [6, 6.07) is 26.5. The van der Waals surface area contributed by atoms with Crippen molar-refractivity contribution in [3.05, 3.63) is 90.0 Å². The van der Waals surface area contributed by atoms with E-state index in [1.165, 1.54) is 5.69 Å². The maximum Gasteiger partial charge on any atom is 0.255 e. The number of anilines is 2. The summed E-state index contributed by atoms with van der Waals surface area (Å²) < 4.78 is 5.48. The Kier molecular flexibility index (Phi) is 6.17. The second-order valence-electron chi connectivity index (χ2n) is 8.53. The van der Waals surface area contributed by atoms with Gasteiger partial charge in [0.2, 0.25) is 0 Å². The van der Waals surface area contributed by atoms with Crippen molar-refractivity contribution < 1.29 is 9.53 Å². The zero-order valence-corrected chi connectivity index (χ0v) is 19.0. The van der Waals surface area contributed by atoms with Crippen molar-refractivity contribution in [2.24, 2.45) is 0 Å². The topological polar surface area (TPSA) is 48.1 Å². The van der Waals surface area contributed by atoms with Gasteiger partial charge >= 0.3 is 0 Å². The maximum absolute atomic E-state index is 12.9. The highest BCUT2D eigenvalue weighted by Gasteiger charge is 2.32. The van der Waals surface area contributed by atoms with Crippen molar-refractivity contribution in [3.63, 3.8) is 0 Å². The molecule has 1 unspecified atom stereocenters. The molecule has 1 atom stereocenters. The van der Waals surface area contributed by atoms with Crippen LogP contribution in [0.1, 0.15) is 22.1 Å². The average molecular weight is 443 g/mol. The number of benzene rings is 3. The van der Waals surface area contributed by atoms with Crippen LogP contribution in [0.4, 0.5) is 11.4 Å². The molecule has 0 radical (unpaired) electrons. The van der Waals surface area contributed by atoms with Crippen LogP contribution < -0.4 is 19.9 Å². The van der Waals surface area contributed by atoms with E-state index in [0.717, 1.165) is 56.3 Å². The minimum absolute atomic E-state index is 0.0470. The van der Waals surface area contributed by atoms with E-state index in [1.54, 1.807) is 7.11 Å². The van der Waals surface area contributed by atoms with E-state index in [1.807, 2.05) is 36.4 Å². The van der Waals surface area contributed by atoms with Crippen LogP contribution in [0.25, 0.3) is 0 Å². The number of amides is 1. The van der Waals surface area contributed by atoms with Gasteiger partial charge in [0.15, 0.2) is 0 Å². The normalized spacial score (nSPS) is 18.6. The number of carbonyl (C=O) groups is 1. The summed E-state index contributed by atoms with van der Waals surface area (Å²) in [5.41, 5.74) is 3.99. The molecule has 6 nitrogen and oxygen atoms in total. The molecule has 1 amide bonds. The van der Waals surface area contributed by atoms with E-state index in [-0.39, 0.29) is 12.1 Å². The molecule has 3 aromatic rings. The first-order valence-electron chi connectivity index (χ1n) is 11.6. The summed E-state index contributed by atoms with van der Waals surface area (Å²) in [5, 5.41) is 3.21. The summed E-state index contributed by atoms with van der Waals surface area (Å²) in [4.78, 5) is 20.2. The van der Waals surface area contributed by atoms with Crippen molar-refractivity contribution in [2.45, 2.75) is 6.17 Å². The number of carbonyl (C=O) groups excluding carboxylic acids is 1. The lowest BCUT2D eigenvalue weighted by molar-refractivity contribution is 0.0925. The highest BCUT2D eigenvalue weighted by molar-refractivity contribution is 6.02. The lowest BCUT2D eigenvalue weighted by atomic mass is 10.0. The largest absolute Gasteiger partial charge is 0.497 e. The van der Waals surface area contributed by atoms with E-state index in [2.05, 4.69) is 62.5 Å². The summed E-state index contributed by atoms with van der Waals surface area (Å²) in [6.07, 6.45) is -0.205. The number of rotatable bonds is 6. The Morgan fingerprint density at radius 3 is 2.27 bits per heavy atom. The van der Waals surface area contributed by atoms with Crippen LogP contribution in [-0.2, 0) is 0 Å². The predicted octanol–water partition coefficient (Wildman–Crippen LogP) is 3.77. The summed E-state index contributed by atoms with van der Waals surface area (Å²) >= 11 is 0. The molecule has 2 heterocycles. The summed E-state index contributed by atoms with van der Waals surface area (Å²) in [6.45, 7) is 5.83. The van der Waals surface area contributed by atoms with Crippen LogP contribution in [-0.4, -0.2) is 57.2 Å². The van der Waals surface area contributed by atoms with Gasteiger partial charge in [0.1, 0.15) is 11.9 Å². The van der Waals surface area contributed by atoms with E-state index in [9.17, 15) is 4.79 Å².